The molecule has 0 saturated carbocycles. The van der Waals surface area contributed by atoms with Gasteiger partial charge in [-0.2, -0.15) is 10.2 Å². The van der Waals surface area contributed by atoms with Gasteiger partial charge in [0.05, 0.1) is 11.4 Å². The summed E-state index contributed by atoms with van der Waals surface area (Å²) in [4.78, 5) is 12.3. The van der Waals surface area contributed by atoms with Crippen molar-refractivity contribution in [3.8, 4) is 11.3 Å². The predicted molar refractivity (Wildman–Crippen MR) is 107 cm³/mol. The molecule has 2 aromatic carbocycles. The van der Waals surface area contributed by atoms with E-state index < -0.39 is 0 Å². The van der Waals surface area contributed by atoms with Gasteiger partial charge in [-0.05, 0) is 42.7 Å². The van der Waals surface area contributed by atoms with Gasteiger partial charge in [0.25, 0.3) is 5.91 Å². The highest BCUT2D eigenvalue weighted by Gasteiger charge is 2.11. The van der Waals surface area contributed by atoms with Gasteiger partial charge in [-0.1, -0.05) is 59.3 Å². The van der Waals surface area contributed by atoms with E-state index in [0.29, 0.717) is 5.69 Å². The van der Waals surface area contributed by atoms with Crippen molar-refractivity contribution in [2.24, 2.45) is 5.10 Å². The standard InChI is InChI=1S/C20H19BrN4O/c1-3-14-4-6-16(7-5-14)18-12-19(24-23-18)20(26)25-22-13(2)15-8-10-17(21)11-9-15/h4-12H,3H2,1-2H3,(H,23,24)(H,25,26). The zero-order chi connectivity index (χ0) is 18.5. The van der Waals surface area contributed by atoms with E-state index in [1.807, 2.05) is 43.3 Å². The molecule has 1 amide bonds. The van der Waals surface area contributed by atoms with Gasteiger partial charge in [-0.3, -0.25) is 9.89 Å². The third-order valence-corrected chi connectivity index (χ3v) is 4.60. The second kappa shape index (κ2) is 8.10. The van der Waals surface area contributed by atoms with Crippen LogP contribution in [0.15, 0.2) is 64.2 Å². The molecule has 1 heterocycles. The van der Waals surface area contributed by atoms with Crippen LogP contribution in [-0.2, 0) is 6.42 Å². The average molecular weight is 411 g/mol. The Kier molecular flexibility index (Phi) is 5.63. The molecule has 0 saturated heterocycles. The molecule has 2 N–H and O–H groups in total. The van der Waals surface area contributed by atoms with Gasteiger partial charge < -0.3 is 0 Å². The molecule has 0 spiro atoms. The van der Waals surface area contributed by atoms with Crippen molar-refractivity contribution in [1.29, 1.82) is 0 Å². The minimum atomic E-state index is -0.328. The van der Waals surface area contributed by atoms with Crippen molar-refractivity contribution in [2.45, 2.75) is 20.3 Å². The summed E-state index contributed by atoms with van der Waals surface area (Å²) in [5.41, 5.74) is 7.55. The van der Waals surface area contributed by atoms with Gasteiger partial charge in [0.15, 0.2) is 0 Å². The van der Waals surface area contributed by atoms with Crippen molar-refractivity contribution in [1.82, 2.24) is 15.6 Å². The molecule has 0 radical (unpaired) electrons. The number of hydrogen-bond donors (Lipinski definition) is 2. The molecular formula is C20H19BrN4O. The fraction of sp³-hybridized carbons (Fsp3) is 0.150. The Morgan fingerprint density at radius 3 is 2.50 bits per heavy atom. The molecular weight excluding hydrogens is 392 g/mol. The van der Waals surface area contributed by atoms with Gasteiger partial charge in [0.2, 0.25) is 0 Å². The second-order valence-electron chi connectivity index (χ2n) is 5.86. The van der Waals surface area contributed by atoms with Crippen LogP contribution in [-0.4, -0.2) is 21.8 Å². The van der Waals surface area contributed by atoms with Gasteiger partial charge in [-0.25, -0.2) is 5.43 Å². The van der Waals surface area contributed by atoms with Crippen LogP contribution < -0.4 is 5.43 Å². The fourth-order valence-electron chi connectivity index (χ4n) is 2.45. The number of carbonyl (C=O) groups excluding carboxylic acids is 1. The molecule has 0 unspecified atom stereocenters. The fourth-order valence-corrected chi connectivity index (χ4v) is 2.71. The number of nitrogens with zero attached hydrogens (tertiary/aromatic N) is 2. The number of hydrazone groups is 1. The number of H-pyrrole nitrogens is 1. The number of aryl methyl sites for hydroxylation is 1. The third kappa shape index (κ3) is 4.26. The van der Waals surface area contributed by atoms with Crippen molar-refractivity contribution < 1.29 is 4.79 Å². The van der Waals surface area contributed by atoms with E-state index in [0.717, 1.165) is 33.4 Å². The Balaban J connectivity index is 1.69. The van der Waals surface area contributed by atoms with Crippen LogP contribution in [0.2, 0.25) is 0 Å². The van der Waals surface area contributed by atoms with Crippen LogP contribution in [0.25, 0.3) is 11.3 Å². The Labute approximate surface area is 160 Å². The normalized spacial score (nSPS) is 11.4. The zero-order valence-corrected chi connectivity index (χ0v) is 16.2. The maximum absolute atomic E-state index is 12.3. The van der Waals surface area contributed by atoms with Gasteiger partial charge in [-0.15, -0.1) is 0 Å². The quantitative estimate of drug-likeness (QED) is 0.478. The van der Waals surface area contributed by atoms with Crippen molar-refractivity contribution in [2.75, 3.05) is 0 Å². The molecule has 6 heteroatoms. The molecule has 3 rings (SSSR count). The van der Waals surface area contributed by atoms with Gasteiger partial charge >= 0.3 is 0 Å². The Morgan fingerprint density at radius 2 is 1.85 bits per heavy atom. The first kappa shape index (κ1) is 18.1. The number of carbonyl (C=O) groups is 1. The number of halogens is 1. The summed E-state index contributed by atoms with van der Waals surface area (Å²) in [6.07, 6.45) is 0.990. The predicted octanol–water partition coefficient (Wildman–Crippen LogP) is 4.56. The highest BCUT2D eigenvalue weighted by Crippen LogP contribution is 2.18. The number of nitrogens with one attached hydrogen (secondary N) is 2. The van der Waals surface area contributed by atoms with Gasteiger partial charge in [0.1, 0.15) is 5.69 Å². The topological polar surface area (TPSA) is 70.1 Å². The summed E-state index contributed by atoms with van der Waals surface area (Å²) in [5.74, 6) is -0.328. The number of benzene rings is 2. The average Bonchev–Trinajstić information content (AvgIpc) is 3.17. The molecule has 0 aliphatic heterocycles. The van der Waals surface area contributed by atoms with Gasteiger partial charge in [0, 0.05) is 10.0 Å². The molecule has 0 atom stereocenters. The first-order chi connectivity index (χ1) is 12.6. The van der Waals surface area contributed by atoms with Crippen molar-refractivity contribution in [3.63, 3.8) is 0 Å². The molecule has 1 aromatic heterocycles. The first-order valence-electron chi connectivity index (χ1n) is 8.32. The third-order valence-electron chi connectivity index (χ3n) is 4.07. The Hall–Kier alpha value is -2.73. The summed E-state index contributed by atoms with van der Waals surface area (Å²) in [5, 5.41) is 11.1. The summed E-state index contributed by atoms with van der Waals surface area (Å²) in [6.45, 7) is 3.96. The lowest BCUT2D eigenvalue weighted by atomic mass is 10.1. The van der Waals surface area contributed by atoms with Crippen LogP contribution in [0.3, 0.4) is 0 Å². The molecule has 0 aliphatic carbocycles. The van der Waals surface area contributed by atoms with Crippen molar-refractivity contribution in [3.05, 3.63) is 75.9 Å². The van der Waals surface area contributed by atoms with Crippen molar-refractivity contribution >= 4 is 27.5 Å². The van der Waals surface area contributed by atoms with Crippen LogP contribution in [0, 0.1) is 0 Å². The highest BCUT2D eigenvalue weighted by atomic mass is 79.9. The van der Waals surface area contributed by atoms with E-state index in [2.05, 4.69) is 55.7 Å². The minimum absolute atomic E-state index is 0.328. The number of rotatable bonds is 5. The highest BCUT2D eigenvalue weighted by molar-refractivity contribution is 9.10. The largest absolute Gasteiger partial charge is 0.289 e. The molecule has 132 valence electrons. The molecule has 26 heavy (non-hydrogen) atoms. The van der Waals surface area contributed by atoms with E-state index in [1.54, 1.807) is 6.07 Å². The number of amides is 1. The van der Waals surface area contributed by atoms with E-state index in [1.165, 1.54) is 5.56 Å². The second-order valence-corrected chi connectivity index (χ2v) is 6.78. The number of aromatic amines is 1. The molecule has 0 bridgehead atoms. The Morgan fingerprint density at radius 1 is 1.15 bits per heavy atom. The Bertz CT molecular complexity index is 927. The zero-order valence-electron chi connectivity index (χ0n) is 14.6. The summed E-state index contributed by atoms with van der Waals surface area (Å²) < 4.78 is 0.995. The van der Waals surface area contributed by atoms with Crippen LogP contribution >= 0.6 is 15.9 Å². The number of hydrogen-bond acceptors (Lipinski definition) is 3. The number of aromatic nitrogens is 2. The lowest BCUT2D eigenvalue weighted by Crippen LogP contribution is -2.19. The molecule has 3 aromatic rings. The maximum Gasteiger partial charge on any atom is 0.289 e. The summed E-state index contributed by atoms with van der Waals surface area (Å²) in [7, 11) is 0. The molecule has 0 fully saturated rings. The summed E-state index contributed by atoms with van der Waals surface area (Å²) >= 11 is 3.40. The van der Waals surface area contributed by atoms with Crippen LogP contribution in [0.5, 0.6) is 0 Å². The first-order valence-corrected chi connectivity index (χ1v) is 9.11. The maximum atomic E-state index is 12.3. The van der Waals surface area contributed by atoms with Crippen LogP contribution in [0.1, 0.15) is 35.5 Å². The smallest absolute Gasteiger partial charge is 0.272 e. The minimum Gasteiger partial charge on any atom is -0.272 e. The van der Waals surface area contributed by atoms with E-state index in [-0.39, 0.29) is 5.91 Å². The monoisotopic (exact) mass is 410 g/mol. The molecule has 0 aliphatic rings. The van der Waals surface area contributed by atoms with E-state index >= 15 is 0 Å². The van der Waals surface area contributed by atoms with E-state index in [4.69, 9.17) is 0 Å². The van der Waals surface area contributed by atoms with Crippen LogP contribution in [0.4, 0.5) is 0 Å². The lowest BCUT2D eigenvalue weighted by molar-refractivity contribution is 0.0950. The van der Waals surface area contributed by atoms with E-state index in [9.17, 15) is 4.79 Å². The lowest BCUT2D eigenvalue weighted by Gasteiger charge is -2.02. The summed E-state index contributed by atoms with van der Waals surface area (Å²) in [6, 6.07) is 17.6. The molecule has 5 nitrogen and oxygen atoms in total. The SMILES string of the molecule is CCc1ccc(-c2cc(C(=O)NN=C(C)c3ccc(Br)cc3)[nH]n2)cc1.